The first-order chi connectivity index (χ1) is 6.77. The molecule has 1 aliphatic carbocycles. The second-order valence-electron chi connectivity index (χ2n) is 4.28. The van der Waals surface area contributed by atoms with Crippen LogP contribution < -0.4 is 5.32 Å². The summed E-state index contributed by atoms with van der Waals surface area (Å²) in [4.78, 5) is 13.3. The van der Waals surface area contributed by atoms with Crippen LogP contribution in [0.4, 0.5) is 4.79 Å². The minimum absolute atomic E-state index is 0.0119. The molecule has 1 saturated heterocycles. The van der Waals surface area contributed by atoms with Gasteiger partial charge in [-0.3, -0.25) is 0 Å². The molecule has 0 aromatic heterocycles. The number of hydrogen-bond acceptors (Lipinski definition) is 2. The Balaban J connectivity index is 1.66. The average Bonchev–Trinajstić information content (AvgIpc) is 2.90. The number of nitrogens with zero attached hydrogens (tertiary/aromatic N) is 1. The molecule has 4 nitrogen and oxygen atoms in total. The Morgan fingerprint density at radius 2 is 2.07 bits per heavy atom. The van der Waals surface area contributed by atoms with E-state index in [9.17, 15) is 9.90 Å². The van der Waals surface area contributed by atoms with Crippen LogP contribution in [0.15, 0.2) is 0 Å². The maximum atomic E-state index is 11.5. The molecule has 1 aliphatic heterocycles. The van der Waals surface area contributed by atoms with Gasteiger partial charge in [0, 0.05) is 19.6 Å². The Kier molecular flexibility index (Phi) is 2.91. The van der Waals surface area contributed by atoms with Gasteiger partial charge in [-0.2, -0.15) is 0 Å². The van der Waals surface area contributed by atoms with Crippen molar-refractivity contribution >= 4 is 6.03 Å². The van der Waals surface area contributed by atoms with Gasteiger partial charge in [-0.1, -0.05) is 0 Å². The molecule has 0 radical (unpaired) electrons. The van der Waals surface area contributed by atoms with Crippen molar-refractivity contribution in [1.82, 2.24) is 10.2 Å². The lowest BCUT2D eigenvalue weighted by atomic mass is 10.2. The van der Waals surface area contributed by atoms with E-state index in [0.717, 1.165) is 38.8 Å². The Bertz CT molecular complexity index is 210. The number of nitrogens with one attached hydrogen (secondary N) is 1. The smallest absolute Gasteiger partial charge is 0.317 e. The Labute approximate surface area is 84.3 Å². The first-order valence-electron chi connectivity index (χ1n) is 5.48. The predicted molar refractivity (Wildman–Crippen MR) is 52.9 cm³/mol. The third-order valence-electron chi connectivity index (χ3n) is 3.02. The van der Waals surface area contributed by atoms with Crippen molar-refractivity contribution in [3.63, 3.8) is 0 Å². The highest BCUT2D eigenvalue weighted by molar-refractivity contribution is 5.74. The summed E-state index contributed by atoms with van der Waals surface area (Å²) in [5.74, 6) is 0.439. The van der Waals surface area contributed by atoms with Crippen LogP contribution in [0.2, 0.25) is 0 Å². The van der Waals surface area contributed by atoms with Crippen molar-refractivity contribution in [3.8, 4) is 0 Å². The molecule has 1 heterocycles. The third kappa shape index (κ3) is 2.38. The van der Waals surface area contributed by atoms with Crippen LogP contribution in [0.1, 0.15) is 25.7 Å². The fraction of sp³-hybridized carbons (Fsp3) is 0.900. The van der Waals surface area contributed by atoms with Gasteiger partial charge in [0.05, 0.1) is 6.10 Å². The maximum Gasteiger partial charge on any atom is 0.317 e. The first-order valence-corrected chi connectivity index (χ1v) is 5.48. The van der Waals surface area contributed by atoms with E-state index in [4.69, 9.17) is 0 Å². The van der Waals surface area contributed by atoms with Crippen molar-refractivity contribution in [2.75, 3.05) is 19.6 Å². The minimum atomic E-state index is -0.332. The van der Waals surface area contributed by atoms with E-state index in [-0.39, 0.29) is 12.1 Å². The number of rotatable bonds is 3. The van der Waals surface area contributed by atoms with Crippen LogP contribution in [0.3, 0.4) is 0 Å². The van der Waals surface area contributed by atoms with Gasteiger partial charge in [-0.05, 0) is 31.6 Å². The Morgan fingerprint density at radius 1 is 1.43 bits per heavy atom. The monoisotopic (exact) mass is 198 g/mol. The Hall–Kier alpha value is -0.770. The summed E-state index contributed by atoms with van der Waals surface area (Å²) in [6.07, 6.45) is 4.11. The highest BCUT2D eigenvalue weighted by Gasteiger charge is 2.30. The lowest BCUT2D eigenvalue weighted by molar-refractivity contribution is 0.144. The van der Waals surface area contributed by atoms with Crippen molar-refractivity contribution < 1.29 is 9.90 Å². The van der Waals surface area contributed by atoms with Crippen molar-refractivity contribution in [2.24, 2.45) is 5.92 Å². The molecular weight excluding hydrogens is 180 g/mol. The number of aliphatic hydroxyl groups is 1. The van der Waals surface area contributed by atoms with Crippen molar-refractivity contribution in [2.45, 2.75) is 31.8 Å². The highest BCUT2D eigenvalue weighted by atomic mass is 16.3. The summed E-state index contributed by atoms with van der Waals surface area (Å²) in [6, 6.07) is -0.0119. The van der Waals surface area contributed by atoms with E-state index in [2.05, 4.69) is 5.32 Å². The molecule has 0 spiro atoms. The van der Waals surface area contributed by atoms with E-state index in [1.807, 2.05) is 4.90 Å². The fourth-order valence-corrected chi connectivity index (χ4v) is 1.87. The summed E-state index contributed by atoms with van der Waals surface area (Å²) >= 11 is 0. The number of aliphatic hydroxyl groups excluding tert-OH is 1. The molecule has 4 heteroatoms. The third-order valence-corrected chi connectivity index (χ3v) is 3.02. The van der Waals surface area contributed by atoms with E-state index in [1.165, 1.54) is 0 Å². The molecule has 14 heavy (non-hydrogen) atoms. The van der Waals surface area contributed by atoms with Crippen LogP contribution in [0, 0.1) is 5.92 Å². The number of hydrogen-bond donors (Lipinski definition) is 2. The van der Waals surface area contributed by atoms with Crippen LogP contribution in [0.5, 0.6) is 0 Å². The van der Waals surface area contributed by atoms with E-state index < -0.39 is 0 Å². The number of carbonyl (C=O) groups excluding carboxylic acids is 1. The number of urea groups is 1. The highest BCUT2D eigenvalue weighted by Crippen LogP contribution is 2.32. The maximum absolute atomic E-state index is 11.5. The second-order valence-corrected chi connectivity index (χ2v) is 4.28. The van der Waals surface area contributed by atoms with Crippen molar-refractivity contribution in [3.05, 3.63) is 0 Å². The van der Waals surface area contributed by atoms with Gasteiger partial charge in [0.1, 0.15) is 0 Å². The lowest BCUT2D eigenvalue weighted by Gasteiger charge is -2.17. The molecule has 1 unspecified atom stereocenters. The fourth-order valence-electron chi connectivity index (χ4n) is 1.87. The Morgan fingerprint density at radius 3 is 2.64 bits per heavy atom. The average molecular weight is 198 g/mol. The summed E-state index contributed by atoms with van der Waals surface area (Å²) in [7, 11) is 0. The van der Waals surface area contributed by atoms with Crippen molar-refractivity contribution in [1.29, 1.82) is 0 Å². The molecule has 0 aromatic rings. The van der Waals surface area contributed by atoms with Gasteiger partial charge in [-0.15, -0.1) is 0 Å². The molecule has 2 amide bonds. The standard InChI is InChI=1S/C10H18N2O2/c13-9(8-3-4-8)7-11-10(14)12-5-1-2-6-12/h8-9,13H,1-7H2,(H,11,14). The second kappa shape index (κ2) is 4.17. The molecule has 2 N–H and O–H groups in total. The summed E-state index contributed by atoms with van der Waals surface area (Å²) in [5, 5.41) is 12.3. The zero-order valence-corrected chi connectivity index (χ0v) is 8.41. The molecule has 2 aliphatic rings. The normalized spacial score (nSPS) is 23.6. The number of amides is 2. The summed E-state index contributed by atoms with van der Waals surface area (Å²) in [5.41, 5.74) is 0. The molecule has 80 valence electrons. The van der Waals surface area contributed by atoms with E-state index in [0.29, 0.717) is 12.5 Å². The number of carbonyl (C=O) groups is 1. The lowest BCUT2D eigenvalue weighted by Crippen LogP contribution is -2.41. The molecule has 2 rings (SSSR count). The molecule has 0 bridgehead atoms. The largest absolute Gasteiger partial charge is 0.391 e. The molecule has 1 saturated carbocycles. The van der Waals surface area contributed by atoms with Crippen LogP contribution in [-0.2, 0) is 0 Å². The molecule has 2 fully saturated rings. The topological polar surface area (TPSA) is 52.6 Å². The van der Waals surface area contributed by atoms with E-state index >= 15 is 0 Å². The SMILES string of the molecule is O=C(NCC(O)C1CC1)N1CCCC1. The molecular formula is C10H18N2O2. The molecule has 1 atom stereocenters. The van der Waals surface area contributed by atoms with Gasteiger partial charge in [0.25, 0.3) is 0 Å². The van der Waals surface area contributed by atoms with Gasteiger partial charge in [0.15, 0.2) is 0 Å². The zero-order valence-electron chi connectivity index (χ0n) is 8.41. The van der Waals surface area contributed by atoms with Gasteiger partial charge >= 0.3 is 6.03 Å². The van der Waals surface area contributed by atoms with Gasteiger partial charge in [0.2, 0.25) is 0 Å². The van der Waals surface area contributed by atoms with E-state index in [1.54, 1.807) is 0 Å². The summed E-state index contributed by atoms with van der Waals surface area (Å²) in [6.45, 7) is 2.15. The van der Waals surface area contributed by atoms with Crippen LogP contribution in [-0.4, -0.2) is 41.8 Å². The first kappa shape index (κ1) is 9.77. The summed E-state index contributed by atoms with van der Waals surface area (Å²) < 4.78 is 0. The minimum Gasteiger partial charge on any atom is -0.391 e. The van der Waals surface area contributed by atoms with Gasteiger partial charge in [-0.25, -0.2) is 4.79 Å². The number of likely N-dealkylation sites (tertiary alicyclic amines) is 1. The zero-order chi connectivity index (χ0) is 9.97. The van der Waals surface area contributed by atoms with Crippen LogP contribution in [0.25, 0.3) is 0 Å². The van der Waals surface area contributed by atoms with Crippen LogP contribution >= 0.6 is 0 Å². The quantitative estimate of drug-likeness (QED) is 0.696. The van der Waals surface area contributed by atoms with Gasteiger partial charge < -0.3 is 15.3 Å². The molecule has 0 aromatic carbocycles. The predicted octanol–water partition coefficient (Wildman–Crippen LogP) is 0.563.